The summed E-state index contributed by atoms with van der Waals surface area (Å²) < 4.78 is 2.00. The van der Waals surface area contributed by atoms with Crippen molar-refractivity contribution < 1.29 is 0 Å². The first-order chi connectivity index (χ1) is 7.24. The Balaban J connectivity index is 0.000000337. The van der Waals surface area contributed by atoms with Gasteiger partial charge in [-0.1, -0.05) is 12.1 Å². The normalized spacial score (nSPS) is 9.80. The number of fused-ring (bicyclic) bond motifs is 1. The van der Waals surface area contributed by atoms with Gasteiger partial charge in [0.15, 0.2) is 0 Å². The molecular weight excluding hydrogens is 188 g/mol. The van der Waals surface area contributed by atoms with Crippen LogP contribution in [-0.2, 0) is 6.54 Å². The van der Waals surface area contributed by atoms with Crippen LogP contribution < -0.4 is 11.1 Å². The van der Waals surface area contributed by atoms with Gasteiger partial charge in [0.2, 0.25) is 5.95 Å². The Hall–Kier alpha value is -1.55. The van der Waals surface area contributed by atoms with Gasteiger partial charge in [0.1, 0.15) is 0 Å². The number of anilines is 1. The van der Waals surface area contributed by atoms with Crippen LogP contribution in [0.25, 0.3) is 11.0 Å². The molecule has 2 aromatic rings. The number of hydrogen-bond donors (Lipinski definition) is 2. The van der Waals surface area contributed by atoms with E-state index in [1.54, 1.807) is 0 Å². The SMILES string of the molecule is CCn1c(N)nc2ccccc21.CNC. The summed E-state index contributed by atoms with van der Waals surface area (Å²) in [5, 5.41) is 2.75. The predicted octanol–water partition coefficient (Wildman–Crippen LogP) is 1.47. The summed E-state index contributed by atoms with van der Waals surface area (Å²) in [6.07, 6.45) is 0. The smallest absolute Gasteiger partial charge is 0.201 e. The zero-order valence-electron chi connectivity index (χ0n) is 9.49. The van der Waals surface area contributed by atoms with E-state index in [1.165, 1.54) is 0 Å². The summed E-state index contributed by atoms with van der Waals surface area (Å²) in [6.45, 7) is 2.93. The van der Waals surface area contributed by atoms with Crippen LogP contribution in [0.3, 0.4) is 0 Å². The molecule has 0 aliphatic rings. The Bertz CT molecular complexity index is 419. The summed E-state index contributed by atoms with van der Waals surface area (Å²) in [7, 11) is 3.75. The number of hydrogen-bond acceptors (Lipinski definition) is 3. The Morgan fingerprint density at radius 3 is 2.53 bits per heavy atom. The molecule has 3 N–H and O–H groups in total. The van der Waals surface area contributed by atoms with Gasteiger partial charge in [-0.25, -0.2) is 4.98 Å². The van der Waals surface area contributed by atoms with Gasteiger partial charge in [-0.3, -0.25) is 0 Å². The maximum absolute atomic E-state index is 5.72. The second kappa shape index (κ2) is 5.36. The van der Waals surface area contributed by atoms with Gasteiger partial charge in [-0.2, -0.15) is 0 Å². The number of aryl methyl sites for hydroxylation is 1. The monoisotopic (exact) mass is 206 g/mol. The summed E-state index contributed by atoms with van der Waals surface area (Å²) in [6, 6.07) is 7.96. The zero-order chi connectivity index (χ0) is 11.3. The fourth-order valence-corrected chi connectivity index (χ4v) is 1.43. The molecule has 0 atom stereocenters. The lowest BCUT2D eigenvalue weighted by Gasteiger charge is -1.99. The van der Waals surface area contributed by atoms with Crippen molar-refractivity contribution in [1.82, 2.24) is 14.9 Å². The number of nitrogen functional groups attached to an aromatic ring is 1. The van der Waals surface area contributed by atoms with Crippen molar-refractivity contribution in [1.29, 1.82) is 0 Å². The molecule has 0 radical (unpaired) electrons. The molecular formula is C11H18N4. The number of nitrogens with two attached hydrogens (primary N) is 1. The van der Waals surface area contributed by atoms with Gasteiger partial charge >= 0.3 is 0 Å². The molecule has 0 spiro atoms. The van der Waals surface area contributed by atoms with E-state index in [4.69, 9.17) is 5.73 Å². The van der Waals surface area contributed by atoms with E-state index in [0.717, 1.165) is 17.6 Å². The van der Waals surface area contributed by atoms with E-state index in [-0.39, 0.29) is 0 Å². The highest BCUT2D eigenvalue weighted by molar-refractivity contribution is 5.78. The van der Waals surface area contributed by atoms with Crippen molar-refractivity contribution in [2.24, 2.45) is 0 Å². The molecule has 4 nitrogen and oxygen atoms in total. The Morgan fingerprint density at radius 2 is 1.93 bits per heavy atom. The van der Waals surface area contributed by atoms with Crippen molar-refractivity contribution in [3.63, 3.8) is 0 Å². The largest absolute Gasteiger partial charge is 0.369 e. The number of nitrogens with one attached hydrogen (secondary N) is 1. The Morgan fingerprint density at radius 1 is 1.33 bits per heavy atom. The van der Waals surface area contributed by atoms with Crippen LogP contribution >= 0.6 is 0 Å². The Kier molecular flexibility index (Phi) is 4.12. The van der Waals surface area contributed by atoms with Crippen molar-refractivity contribution in [3.8, 4) is 0 Å². The molecule has 0 saturated heterocycles. The van der Waals surface area contributed by atoms with E-state index in [1.807, 2.05) is 42.9 Å². The minimum absolute atomic E-state index is 0.596. The van der Waals surface area contributed by atoms with Crippen LogP contribution in [0.2, 0.25) is 0 Å². The standard InChI is InChI=1S/C9H11N3.C2H7N/c1-2-12-8-6-4-3-5-7(8)11-9(12)10;1-3-2/h3-6H,2H2,1H3,(H2,10,11);3H,1-2H3. The predicted molar refractivity (Wildman–Crippen MR) is 64.8 cm³/mol. The molecule has 0 saturated carbocycles. The minimum atomic E-state index is 0.596. The third kappa shape index (κ3) is 2.47. The third-order valence-corrected chi connectivity index (χ3v) is 2.00. The van der Waals surface area contributed by atoms with Crippen molar-refractivity contribution in [3.05, 3.63) is 24.3 Å². The van der Waals surface area contributed by atoms with Crippen LogP contribution in [0, 0.1) is 0 Å². The summed E-state index contributed by atoms with van der Waals surface area (Å²) in [5.74, 6) is 0.596. The molecule has 1 heterocycles. The van der Waals surface area contributed by atoms with Gasteiger partial charge < -0.3 is 15.6 Å². The summed E-state index contributed by atoms with van der Waals surface area (Å²) in [4.78, 5) is 4.22. The van der Waals surface area contributed by atoms with E-state index in [2.05, 4.69) is 17.2 Å². The highest BCUT2D eigenvalue weighted by Crippen LogP contribution is 2.16. The highest BCUT2D eigenvalue weighted by atomic mass is 15.1. The fourth-order valence-electron chi connectivity index (χ4n) is 1.43. The number of aromatic nitrogens is 2. The fraction of sp³-hybridized carbons (Fsp3) is 0.364. The van der Waals surface area contributed by atoms with Crippen molar-refractivity contribution in [2.75, 3.05) is 19.8 Å². The first kappa shape index (κ1) is 11.5. The quantitative estimate of drug-likeness (QED) is 0.743. The molecule has 0 amide bonds. The number of para-hydroxylation sites is 2. The second-order valence-corrected chi connectivity index (χ2v) is 3.20. The van der Waals surface area contributed by atoms with Crippen LogP contribution in [0.5, 0.6) is 0 Å². The highest BCUT2D eigenvalue weighted by Gasteiger charge is 2.03. The Labute approximate surface area is 90.1 Å². The molecule has 0 bridgehead atoms. The van der Waals surface area contributed by atoms with Gasteiger partial charge in [-0.05, 0) is 33.2 Å². The van der Waals surface area contributed by atoms with Crippen LogP contribution in [0.1, 0.15) is 6.92 Å². The first-order valence-corrected chi connectivity index (χ1v) is 5.03. The lowest BCUT2D eigenvalue weighted by molar-refractivity contribution is 0.800. The number of imidazole rings is 1. The lowest BCUT2D eigenvalue weighted by atomic mass is 10.3. The molecule has 0 unspecified atom stereocenters. The number of rotatable bonds is 1. The summed E-state index contributed by atoms with van der Waals surface area (Å²) >= 11 is 0. The minimum Gasteiger partial charge on any atom is -0.369 e. The van der Waals surface area contributed by atoms with Crippen LogP contribution in [0.4, 0.5) is 5.95 Å². The van der Waals surface area contributed by atoms with E-state index in [9.17, 15) is 0 Å². The van der Waals surface area contributed by atoms with Crippen LogP contribution in [-0.4, -0.2) is 23.6 Å². The molecule has 1 aromatic heterocycles. The third-order valence-electron chi connectivity index (χ3n) is 2.00. The number of nitrogens with zero attached hydrogens (tertiary/aromatic N) is 2. The maximum atomic E-state index is 5.72. The lowest BCUT2D eigenvalue weighted by Crippen LogP contribution is -2.00. The molecule has 0 fully saturated rings. The molecule has 1 aromatic carbocycles. The average molecular weight is 206 g/mol. The summed E-state index contributed by atoms with van der Waals surface area (Å²) in [5.41, 5.74) is 7.79. The van der Waals surface area contributed by atoms with Crippen molar-refractivity contribution >= 4 is 17.0 Å². The van der Waals surface area contributed by atoms with Gasteiger partial charge in [0, 0.05) is 6.54 Å². The zero-order valence-corrected chi connectivity index (χ0v) is 9.49. The molecule has 82 valence electrons. The molecule has 4 heteroatoms. The van der Waals surface area contributed by atoms with Gasteiger partial charge in [0.25, 0.3) is 0 Å². The first-order valence-electron chi connectivity index (χ1n) is 5.03. The average Bonchev–Trinajstić information content (AvgIpc) is 2.54. The second-order valence-electron chi connectivity index (χ2n) is 3.20. The van der Waals surface area contributed by atoms with Crippen molar-refractivity contribution in [2.45, 2.75) is 13.5 Å². The van der Waals surface area contributed by atoms with E-state index in [0.29, 0.717) is 5.95 Å². The molecule has 15 heavy (non-hydrogen) atoms. The molecule has 2 rings (SSSR count). The molecule has 0 aliphatic carbocycles. The van der Waals surface area contributed by atoms with E-state index >= 15 is 0 Å². The van der Waals surface area contributed by atoms with Gasteiger partial charge in [-0.15, -0.1) is 0 Å². The van der Waals surface area contributed by atoms with Crippen LogP contribution in [0.15, 0.2) is 24.3 Å². The van der Waals surface area contributed by atoms with Gasteiger partial charge in [0.05, 0.1) is 11.0 Å². The molecule has 0 aliphatic heterocycles. The maximum Gasteiger partial charge on any atom is 0.201 e. The van der Waals surface area contributed by atoms with E-state index < -0.39 is 0 Å². The topological polar surface area (TPSA) is 55.9 Å². The number of benzene rings is 1.